The highest BCUT2D eigenvalue weighted by Crippen LogP contribution is 2.47. The summed E-state index contributed by atoms with van der Waals surface area (Å²) in [5.74, 6) is -1.24. The number of carbonyl (C=O) groups is 3. The van der Waals surface area contributed by atoms with Crippen LogP contribution in [0.5, 0.6) is 0 Å². The summed E-state index contributed by atoms with van der Waals surface area (Å²) in [4.78, 5) is 39.2. The molecule has 3 amide bonds. The molecule has 2 aliphatic carbocycles. The minimum absolute atomic E-state index is 0.0960. The molecule has 0 aromatic carbocycles. The molecule has 7 heteroatoms. The van der Waals surface area contributed by atoms with E-state index in [2.05, 4.69) is 0 Å². The molecule has 1 aliphatic heterocycles. The zero-order chi connectivity index (χ0) is 17.4. The standard InChI is InChI=1S/C17H26N2O5/c1-2-24-15(22)18-13(20)16(9-5-3-6-10-16)19(23)17(14(18)21)11-7-4-8-12-17/h23H,2-12H2,1H3. The van der Waals surface area contributed by atoms with Gasteiger partial charge in [-0.2, -0.15) is 9.96 Å². The summed E-state index contributed by atoms with van der Waals surface area (Å²) in [5, 5.41) is 12.1. The lowest BCUT2D eigenvalue weighted by Crippen LogP contribution is -2.77. The highest BCUT2D eigenvalue weighted by Gasteiger charge is 2.65. The van der Waals surface area contributed by atoms with Crippen molar-refractivity contribution >= 4 is 17.9 Å². The Morgan fingerprint density at radius 2 is 1.38 bits per heavy atom. The smallest absolute Gasteiger partial charge is 0.423 e. The van der Waals surface area contributed by atoms with Gasteiger partial charge in [0.1, 0.15) is 11.1 Å². The van der Waals surface area contributed by atoms with Crippen molar-refractivity contribution in [2.45, 2.75) is 82.2 Å². The molecule has 0 aromatic heterocycles. The fourth-order valence-corrected chi connectivity index (χ4v) is 4.58. The predicted molar refractivity (Wildman–Crippen MR) is 84.1 cm³/mol. The SMILES string of the molecule is CCOC(=O)N1C(=O)C2(CCCCC2)N(O)C2(CCCCC2)C1=O. The van der Waals surface area contributed by atoms with Crippen LogP contribution in [0, 0.1) is 0 Å². The predicted octanol–water partition coefficient (Wildman–Crippen LogP) is 2.61. The van der Waals surface area contributed by atoms with Crippen molar-refractivity contribution in [3.8, 4) is 0 Å². The Morgan fingerprint density at radius 1 is 0.958 bits per heavy atom. The molecule has 134 valence electrons. The van der Waals surface area contributed by atoms with Crippen LogP contribution >= 0.6 is 0 Å². The summed E-state index contributed by atoms with van der Waals surface area (Å²) in [6, 6.07) is 0. The quantitative estimate of drug-likeness (QED) is 0.740. The third-order valence-electron chi connectivity index (χ3n) is 5.83. The van der Waals surface area contributed by atoms with E-state index >= 15 is 0 Å². The van der Waals surface area contributed by atoms with Gasteiger partial charge in [0.2, 0.25) is 0 Å². The molecule has 3 rings (SSSR count). The monoisotopic (exact) mass is 338 g/mol. The number of hydrogen-bond donors (Lipinski definition) is 1. The number of piperazine rings is 1. The normalized spacial score (nSPS) is 26.8. The fraction of sp³-hybridized carbons (Fsp3) is 0.824. The molecule has 3 aliphatic rings. The average molecular weight is 338 g/mol. The molecule has 0 aromatic rings. The van der Waals surface area contributed by atoms with E-state index in [0.29, 0.717) is 30.6 Å². The number of nitrogens with zero attached hydrogens (tertiary/aromatic N) is 2. The molecular formula is C17H26N2O5. The Hall–Kier alpha value is -1.47. The van der Waals surface area contributed by atoms with Gasteiger partial charge in [0.05, 0.1) is 6.61 Å². The highest BCUT2D eigenvalue weighted by molar-refractivity contribution is 6.16. The molecule has 7 nitrogen and oxygen atoms in total. The number of hydrogen-bond acceptors (Lipinski definition) is 6. The van der Waals surface area contributed by atoms with Gasteiger partial charge >= 0.3 is 6.09 Å². The van der Waals surface area contributed by atoms with E-state index in [4.69, 9.17) is 4.74 Å². The van der Waals surface area contributed by atoms with Crippen molar-refractivity contribution in [2.75, 3.05) is 6.61 Å². The number of ether oxygens (including phenoxy) is 1. The molecule has 0 unspecified atom stereocenters. The van der Waals surface area contributed by atoms with Gasteiger partial charge in [-0.25, -0.2) is 4.79 Å². The van der Waals surface area contributed by atoms with Crippen molar-refractivity contribution in [3.05, 3.63) is 0 Å². The molecule has 0 atom stereocenters. The molecule has 2 spiro atoms. The van der Waals surface area contributed by atoms with Gasteiger partial charge in [-0.05, 0) is 32.6 Å². The van der Waals surface area contributed by atoms with E-state index in [-0.39, 0.29) is 6.61 Å². The lowest BCUT2D eigenvalue weighted by atomic mass is 9.70. The van der Waals surface area contributed by atoms with Crippen LogP contribution in [0.4, 0.5) is 4.79 Å². The van der Waals surface area contributed by atoms with Gasteiger partial charge in [0.25, 0.3) is 11.8 Å². The average Bonchev–Trinajstić information content (AvgIpc) is 2.61. The number of rotatable bonds is 1. The molecule has 2 saturated carbocycles. The third kappa shape index (κ3) is 2.37. The maximum absolute atomic E-state index is 13.1. The van der Waals surface area contributed by atoms with Gasteiger partial charge in [0, 0.05) is 0 Å². The van der Waals surface area contributed by atoms with Crippen LogP contribution < -0.4 is 0 Å². The third-order valence-corrected chi connectivity index (χ3v) is 5.83. The zero-order valence-electron chi connectivity index (χ0n) is 14.3. The second-order valence-electron chi connectivity index (χ2n) is 7.14. The van der Waals surface area contributed by atoms with Gasteiger partial charge in [-0.3, -0.25) is 9.59 Å². The molecule has 0 radical (unpaired) electrons. The van der Waals surface area contributed by atoms with Gasteiger partial charge in [-0.1, -0.05) is 38.5 Å². The number of amides is 3. The number of imide groups is 3. The second-order valence-corrected chi connectivity index (χ2v) is 7.14. The molecule has 0 bridgehead atoms. The van der Waals surface area contributed by atoms with Crippen molar-refractivity contribution in [1.82, 2.24) is 9.96 Å². The van der Waals surface area contributed by atoms with Crippen LogP contribution in [-0.2, 0) is 14.3 Å². The van der Waals surface area contributed by atoms with E-state index in [1.807, 2.05) is 0 Å². The van der Waals surface area contributed by atoms with Crippen LogP contribution in [0.3, 0.4) is 0 Å². The number of hydroxylamine groups is 2. The fourth-order valence-electron chi connectivity index (χ4n) is 4.58. The van der Waals surface area contributed by atoms with E-state index in [0.717, 1.165) is 43.6 Å². The molecule has 3 fully saturated rings. The van der Waals surface area contributed by atoms with Crippen LogP contribution in [0.2, 0.25) is 0 Å². The van der Waals surface area contributed by atoms with Crippen LogP contribution in [-0.4, -0.2) is 50.8 Å². The molecule has 24 heavy (non-hydrogen) atoms. The Kier molecular flexibility index (Phi) is 4.66. The maximum atomic E-state index is 13.1. The summed E-state index contributed by atoms with van der Waals surface area (Å²) >= 11 is 0. The second kappa shape index (κ2) is 6.44. The van der Waals surface area contributed by atoms with Gasteiger partial charge in [0.15, 0.2) is 0 Å². The summed E-state index contributed by atoms with van der Waals surface area (Å²) in [6.45, 7) is 1.74. The highest BCUT2D eigenvalue weighted by atomic mass is 16.6. The summed E-state index contributed by atoms with van der Waals surface area (Å²) in [7, 11) is 0. The molecule has 1 N–H and O–H groups in total. The molecular weight excluding hydrogens is 312 g/mol. The maximum Gasteiger partial charge on any atom is 0.423 e. The minimum Gasteiger partial charge on any atom is -0.449 e. The first-order chi connectivity index (χ1) is 11.5. The van der Waals surface area contributed by atoms with Crippen LogP contribution in [0.25, 0.3) is 0 Å². The first kappa shape index (κ1) is 17.4. The van der Waals surface area contributed by atoms with Crippen molar-refractivity contribution < 1.29 is 24.3 Å². The zero-order valence-corrected chi connectivity index (χ0v) is 14.3. The Morgan fingerprint density at radius 3 is 1.75 bits per heavy atom. The van der Waals surface area contributed by atoms with E-state index < -0.39 is 29.0 Å². The first-order valence-electron chi connectivity index (χ1n) is 9.04. The lowest BCUT2D eigenvalue weighted by molar-refractivity contribution is -0.265. The van der Waals surface area contributed by atoms with Gasteiger partial charge in [-0.15, -0.1) is 0 Å². The largest absolute Gasteiger partial charge is 0.449 e. The Bertz CT molecular complexity index is 497. The van der Waals surface area contributed by atoms with E-state index in [1.54, 1.807) is 6.92 Å². The lowest BCUT2D eigenvalue weighted by Gasteiger charge is -2.56. The summed E-state index contributed by atoms with van der Waals surface area (Å²) < 4.78 is 4.97. The summed E-state index contributed by atoms with van der Waals surface area (Å²) in [6.07, 6.45) is 6.12. The first-order valence-corrected chi connectivity index (χ1v) is 9.04. The molecule has 1 heterocycles. The van der Waals surface area contributed by atoms with Crippen molar-refractivity contribution in [3.63, 3.8) is 0 Å². The summed E-state index contributed by atoms with van der Waals surface area (Å²) in [5.41, 5.74) is -2.34. The Balaban J connectivity index is 2.06. The van der Waals surface area contributed by atoms with E-state index in [9.17, 15) is 19.6 Å². The van der Waals surface area contributed by atoms with Crippen molar-refractivity contribution in [2.24, 2.45) is 0 Å². The van der Waals surface area contributed by atoms with E-state index in [1.165, 1.54) is 0 Å². The molecule has 1 saturated heterocycles. The number of carbonyl (C=O) groups excluding carboxylic acids is 3. The van der Waals surface area contributed by atoms with Crippen LogP contribution in [0.1, 0.15) is 71.1 Å². The van der Waals surface area contributed by atoms with Gasteiger partial charge < -0.3 is 9.94 Å². The Labute approximate surface area is 141 Å². The van der Waals surface area contributed by atoms with Crippen molar-refractivity contribution in [1.29, 1.82) is 0 Å². The minimum atomic E-state index is -1.17. The van der Waals surface area contributed by atoms with Crippen LogP contribution in [0.15, 0.2) is 0 Å². The topological polar surface area (TPSA) is 87.2 Å².